The largest absolute Gasteiger partial charge is 0.381 e. The van der Waals surface area contributed by atoms with Crippen molar-refractivity contribution in [3.05, 3.63) is 5.82 Å². The Balaban J connectivity index is 2.03. The number of hydrogen-bond donors (Lipinski definition) is 1. The molecule has 15 heavy (non-hydrogen) atoms. The molecule has 1 atom stereocenters. The molecule has 0 radical (unpaired) electrons. The molecule has 0 aromatic carbocycles. The second-order valence-corrected chi connectivity index (χ2v) is 5.65. The van der Waals surface area contributed by atoms with Crippen LogP contribution in [0.3, 0.4) is 0 Å². The van der Waals surface area contributed by atoms with E-state index >= 15 is 0 Å². The maximum absolute atomic E-state index is 5.33. The zero-order valence-electron chi connectivity index (χ0n) is 9.41. The molecule has 84 valence electrons. The molecule has 4 nitrogen and oxygen atoms in total. The van der Waals surface area contributed by atoms with E-state index in [1.165, 1.54) is 11.5 Å². The van der Waals surface area contributed by atoms with Crippen molar-refractivity contribution in [1.29, 1.82) is 0 Å². The summed E-state index contributed by atoms with van der Waals surface area (Å²) in [6, 6.07) is 0. The van der Waals surface area contributed by atoms with Crippen LogP contribution in [0.5, 0.6) is 0 Å². The Labute approximate surface area is 94.2 Å². The molecule has 0 aliphatic carbocycles. The van der Waals surface area contributed by atoms with Gasteiger partial charge in [-0.15, -0.1) is 0 Å². The van der Waals surface area contributed by atoms with Gasteiger partial charge in [-0.2, -0.15) is 4.37 Å². The lowest BCUT2D eigenvalue weighted by molar-refractivity contribution is 0.193. The van der Waals surface area contributed by atoms with Gasteiger partial charge in [0.1, 0.15) is 5.82 Å². The molecule has 2 heterocycles. The number of ether oxygens (including phenoxy) is 1. The summed E-state index contributed by atoms with van der Waals surface area (Å²) in [6.45, 7) is 7.96. The third-order valence-electron chi connectivity index (χ3n) is 2.22. The first-order chi connectivity index (χ1) is 7.04. The van der Waals surface area contributed by atoms with Gasteiger partial charge in [0.05, 0.1) is 6.61 Å². The van der Waals surface area contributed by atoms with Gasteiger partial charge in [0.15, 0.2) is 0 Å². The molecule has 5 heteroatoms. The molecule has 0 saturated carbocycles. The van der Waals surface area contributed by atoms with Gasteiger partial charge in [-0.05, 0) is 27.2 Å². The molecular formula is C10H17N3OS. The van der Waals surface area contributed by atoms with Crippen molar-refractivity contribution >= 4 is 16.7 Å². The Morgan fingerprint density at radius 3 is 2.87 bits per heavy atom. The number of nitrogens with one attached hydrogen (secondary N) is 1. The number of anilines is 1. The molecule has 0 spiro atoms. The van der Waals surface area contributed by atoms with E-state index in [0.717, 1.165) is 30.6 Å². The van der Waals surface area contributed by atoms with E-state index < -0.39 is 0 Å². The SMILES string of the molecule is CC(C)(C)Nc1nc(C2CCOC2)ns1. The van der Waals surface area contributed by atoms with E-state index in [4.69, 9.17) is 4.74 Å². The molecule has 0 bridgehead atoms. The minimum absolute atomic E-state index is 0.0446. The van der Waals surface area contributed by atoms with E-state index in [2.05, 4.69) is 35.4 Å². The highest BCUT2D eigenvalue weighted by Crippen LogP contribution is 2.26. The fraction of sp³-hybridized carbons (Fsp3) is 0.800. The minimum atomic E-state index is 0.0446. The lowest BCUT2D eigenvalue weighted by Gasteiger charge is -2.18. The average Bonchev–Trinajstić information content (AvgIpc) is 2.68. The monoisotopic (exact) mass is 227 g/mol. The summed E-state index contributed by atoms with van der Waals surface area (Å²) in [5, 5.41) is 4.24. The Morgan fingerprint density at radius 2 is 2.27 bits per heavy atom. The van der Waals surface area contributed by atoms with Gasteiger partial charge in [-0.25, -0.2) is 4.98 Å². The van der Waals surface area contributed by atoms with Crippen molar-refractivity contribution in [2.24, 2.45) is 0 Å². The lowest BCUT2D eigenvalue weighted by Crippen LogP contribution is -2.25. The lowest BCUT2D eigenvalue weighted by atomic mass is 10.1. The molecule has 1 N–H and O–H groups in total. The van der Waals surface area contributed by atoms with Gasteiger partial charge < -0.3 is 10.1 Å². The molecule has 1 aliphatic rings. The highest BCUT2D eigenvalue weighted by Gasteiger charge is 2.22. The standard InChI is InChI=1S/C10H17N3OS/c1-10(2,3)12-9-11-8(13-15-9)7-4-5-14-6-7/h7H,4-6H2,1-3H3,(H,11,12,13). The third kappa shape index (κ3) is 2.89. The summed E-state index contributed by atoms with van der Waals surface area (Å²) in [7, 11) is 0. The molecule has 1 fully saturated rings. The molecular weight excluding hydrogens is 210 g/mol. The van der Waals surface area contributed by atoms with Gasteiger partial charge in [0, 0.05) is 29.6 Å². The minimum Gasteiger partial charge on any atom is -0.381 e. The summed E-state index contributed by atoms with van der Waals surface area (Å²) in [5.74, 6) is 1.33. The molecule has 1 aromatic rings. The molecule has 0 amide bonds. The first-order valence-corrected chi connectivity index (χ1v) is 6.01. The van der Waals surface area contributed by atoms with Gasteiger partial charge in [-0.3, -0.25) is 0 Å². The van der Waals surface area contributed by atoms with E-state index in [-0.39, 0.29) is 5.54 Å². The molecule has 1 aliphatic heterocycles. The zero-order chi connectivity index (χ0) is 10.9. The molecule has 1 saturated heterocycles. The fourth-order valence-corrected chi connectivity index (χ4v) is 2.37. The van der Waals surface area contributed by atoms with Crippen molar-refractivity contribution in [2.75, 3.05) is 18.5 Å². The van der Waals surface area contributed by atoms with Gasteiger partial charge >= 0.3 is 0 Å². The van der Waals surface area contributed by atoms with Crippen LogP contribution >= 0.6 is 11.5 Å². The molecule has 1 unspecified atom stereocenters. The van der Waals surface area contributed by atoms with Crippen LogP contribution in [0, 0.1) is 0 Å². The van der Waals surface area contributed by atoms with Crippen LogP contribution in [-0.4, -0.2) is 28.1 Å². The van der Waals surface area contributed by atoms with Crippen LogP contribution in [0.2, 0.25) is 0 Å². The first-order valence-electron chi connectivity index (χ1n) is 5.24. The van der Waals surface area contributed by atoms with Crippen LogP contribution in [0.4, 0.5) is 5.13 Å². The Kier molecular flexibility index (Phi) is 2.93. The van der Waals surface area contributed by atoms with Gasteiger partial charge in [-0.1, -0.05) is 0 Å². The Bertz CT molecular complexity index is 326. The van der Waals surface area contributed by atoms with Crippen LogP contribution in [-0.2, 0) is 4.74 Å². The number of rotatable bonds is 2. The van der Waals surface area contributed by atoms with E-state index in [1.54, 1.807) is 0 Å². The van der Waals surface area contributed by atoms with Crippen molar-refractivity contribution in [3.8, 4) is 0 Å². The van der Waals surface area contributed by atoms with Crippen LogP contribution < -0.4 is 5.32 Å². The quantitative estimate of drug-likeness (QED) is 0.841. The van der Waals surface area contributed by atoms with Crippen molar-refractivity contribution < 1.29 is 4.74 Å². The third-order valence-corrected chi connectivity index (χ3v) is 2.86. The number of aromatic nitrogens is 2. The summed E-state index contributed by atoms with van der Waals surface area (Å²) in [5.41, 5.74) is 0.0446. The van der Waals surface area contributed by atoms with Gasteiger partial charge in [0.25, 0.3) is 0 Å². The van der Waals surface area contributed by atoms with Crippen molar-refractivity contribution in [2.45, 2.75) is 38.6 Å². The van der Waals surface area contributed by atoms with E-state index in [9.17, 15) is 0 Å². The van der Waals surface area contributed by atoms with Crippen molar-refractivity contribution in [3.63, 3.8) is 0 Å². The summed E-state index contributed by atoms with van der Waals surface area (Å²) in [4.78, 5) is 4.49. The van der Waals surface area contributed by atoms with Gasteiger partial charge in [0.2, 0.25) is 5.13 Å². The first kappa shape index (κ1) is 10.8. The number of nitrogens with zero attached hydrogens (tertiary/aromatic N) is 2. The van der Waals surface area contributed by atoms with Crippen molar-refractivity contribution in [1.82, 2.24) is 9.36 Å². The maximum Gasteiger partial charge on any atom is 0.202 e. The summed E-state index contributed by atoms with van der Waals surface area (Å²) < 4.78 is 9.70. The number of hydrogen-bond acceptors (Lipinski definition) is 5. The normalized spacial score (nSPS) is 21.9. The Morgan fingerprint density at radius 1 is 1.47 bits per heavy atom. The average molecular weight is 227 g/mol. The Hall–Kier alpha value is -0.680. The highest BCUT2D eigenvalue weighted by molar-refractivity contribution is 7.09. The summed E-state index contributed by atoms with van der Waals surface area (Å²) in [6.07, 6.45) is 1.05. The zero-order valence-corrected chi connectivity index (χ0v) is 10.2. The second-order valence-electron chi connectivity index (χ2n) is 4.89. The maximum atomic E-state index is 5.33. The van der Waals surface area contributed by atoms with Crippen LogP contribution in [0.15, 0.2) is 0 Å². The summed E-state index contributed by atoms with van der Waals surface area (Å²) >= 11 is 1.44. The van der Waals surface area contributed by atoms with Crippen LogP contribution in [0.25, 0.3) is 0 Å². The molecule has 2 rings (SSSR count). The van der Waals surface area contributed by atoms with E-state index in [1.807, 2.05) is 0 Å². The fourth-order valence-electron chi connectivity index (χ4n) is 1.51. The van der Waals surface area contributed by atoms with Crippen LogP contribution in [0.1, 0.15) is 38.9 Å². The van der Waals surface area contributed by atoms with E-state index in [0.29, 0.717) is 5.92 Å². The predicted octanol–water partition coefficient (Wildman–Crippen LogP) is 2.25. The predicted molar refractivity (Wildman–Crippen MR) is 61.5 cm³/mol. The molecule has 1 aromatic heterocycles. The highest BCUT2D eigenvalue weighted by atomic mass is 32.1. The smallest absolute Gasteiger partial charge is 0.202 e. The topological polar surface area (TPSA) is 47.0 Å². The second kappa shape index (κ2) is 4.06.